The smallest absolute Gasteiger partial charge is 0.337 e. The van der Waals surface area contributed by atoms with E-state index in [1.807, 2.05) is 0 Å². The fourth-order valence-electron chi connectivity index (χ4n) is 1.98. The summed E-state index contributed by atoms with van der Waals surface area (Å²) < 4.78 is 0. The number of piperidine rings is 1. The fourth-order valence-corrected chi connectivity index (χ4v) is 2.15. The second-order valence-corrected chi connectivity index (χ2v) is 4.41. The van der Waals surface area contributed by atoms with Crippen LogP contribution in [0.25, 0.3) is 0 Å². The molecule has 0 atom stereocenters. The van der Waals surface area contributed by atoms with E-state index in [1.165, 1.54) is 11.0 Å². The molecule has 1 amide bonds. The lowest BCUT2D eigenvalue weighted by Gasteiger charge is -2.28. The zero-order chi connectivity index (χ0) is 12.4. The number of carbonyl (C=O) groups is 2. The number of carbonyl (C=O) groups excluding carboxylic acids is 1. The van der Waals surface area contributed by atoms with Crippen LogP contribution < -0.4 is 4.90 Å². The quantitative estimate of drug-likeness (QED) is 0.881. The minimum Gasteiger partial charge on any atom is -0.478 e. The van der Waals surface area contributed by atoms with E-state index in [-0.39, 0.29) is 11.5 Å². The normalized spacial score (nSPS) is 16.1. The molecule has 90 valence electrons. The molecule has 1 aromatic carbocycles. The summed E-state index contributed by atoms with van der Waals surface area (Å²) >= 11 is 5.77. The zero-order valence-electron chi connectivity index (χ0n) is 9.15. The Morgan fingerprint density at radius 3 is 2.76 bits per heavy atom. The molecule has 0 bridgehead atoms. The Hall–Kier alpha value is -1.55. The van der Waals surface area contributed by atoms with Crippen molar-refractivity contribution in [3.8, 4) is 0 Å². The number of rotatable bonds is 2. The molecule has 0 aliphatic carbocycles. The van der Waals surface area contributed by atoms with Crippen LogP contribution in [0.5, 0.6) is 0 Å². The minimum absolute atomic E-state index is 0.0268. The van der Waals surface area contributed by atoms with E-state index in [0.717, 1.165) is 12.8 Å². The third-order valence-electron chi connectivity index (χ3n) is 2.80. The summed E-state index contributed by atoms with van der Waals surface area (Å²) in [6.07, 6.45) is 2.24. The van der Waals surface area contributed by atoms with Crippen LogP contribution in [-0.4, -0.2) is 23.5 Å². The molecule has 0 spiro atoms. The van der Waals surface area contributed by atoms with Crippen molar-refractivity contribution >= 4 is 29.2 Å². The van der Waals surface area contributed by atoms with Gasteiger partial charge in [-0.15, -0.1) is 0 Å². The first-order valence-corrected chi connectivity index (χ1v) is 5.80. The topological polar surface area (TPSA) is 57.6 Å². The standard InChI is InChI=1S/C12H12ClNO3/c13-8-4-5-10(9(7-8)12(16)17)14-6-2-1-3-11(14)15/h4-5,7H,1-3,6H2,(H,16,17). The molecule has 1 fully saturated rings. The highest BCUT2D eigenvalue weighted by Gasteiger charge is 2.24. The monoisotopic (exact) mass is 253 g/mol. The van der Waals surface area contributed by atoms with Crippen molar-refractivity contribution in [1.29, 1.82) is 0 Å². The molecule has 1 aliphatic heterocycles. The summed E-state index contributed by atoms with van der Waals surface area (Å²) in [6, 6.07) is 4.57. The summed E-state index contributed by atoms with van der Waals surface area (Å²) in [4.78, 5) is 24.4. The van der Waals surface area contributed by atoms with Gasteiger partial charge in [0.2, 0.25) is 5.91 Å². The molecule has 0 aromatic heterocycles. The first-order valence-electron chi connectivity index (χ1n) is 5.43. The van der Waals surface area contributed by atoms with Crippen LogP contribution in [0.3, 0.4) is 0 Å². The van der Waals surface area contributed by atoms with E-state index in [1.54, 1.807) is 12.1 Å². The number of aromatic carboxylic acids is 1. The lowest BCUT2D eigenvalue weighted by atomic mass is 10.1. The minimum atomic E-state index is -1.07. The first-order chi connectivity index (χ1) is 8.09. The lowest BCUT2D eigenvalue weighted by molar-refractivity contribution is -0.119. The molecule has 0 saturated carbocycles. The van der Waals surface area contributed by atoms with Crippen LogP contribution in [0, 0.1) is 0 Å². The number of amides is 1. The predicted octanol–water partition coefficient (Wildman–Crippen LogP) is 2.56. The molecule has 1 N–H and O–H groups in total. The van der Waals surface area contributed by atoms with Crippen molar-refractivity contribution in [2.45, 2.75) is 19.3 Å². The van der Waals surface area contributed by atoms with Crippen LogP contribution in [-0.2, 0) is 4.79 Å². The summed E-state index contributed by atoms with van der Waals surface area (Å²) in [5, 5.41) is 9.47. The van der Waals surface area contributed by atoms with Crippen molar-refractivity contribution in [1.82, 2.24) is 0 Å². The van der Waals surface area contributed by atoms with E-state index < -0.39 is 5.97 Å². The number of carboxylic acid groups (broad SMARTS) is 1. The highest BCUT2D eigenvalue weighted by Crippen LogP contribution is 2.27. The molecule has 5 heteroatoms. The summed E-state index contributed by atoms with van der Waals surface area (Å²) in [7, 11) is 0. The number of anilines is 1. The number of halogens is 1. The molecule has 1 aromatic rings. The van der Waals surface area contributed by atoms with Gasteiger partial charge >= 0.3 is 5.97 Å². The summed E-state index contributed by atoms with van der Waals surface area (Å²) in [5.74, 6) is -1.10. The molecule has 0 radical (unpaired) electrons. The van der Waals surface area contributed by atoms with Crippen molar-refractivity contribution in [2.24, 2.45) is 0 Å². The van der Waals surface area contributed by atoms with Crippen LogP contribution in [0.4, 0.5) is 5.69 Å². The van der Waals surface area contributed by atoms with Gasteiger partial charge in [-0.3, -0.25) is 4.79 Å². The van der Waals surface area contributed by atoms with Crippen LogP contribution in [0.15, 0.2) is 18.2 Å². The molecule has 2 rings (SSSR count). The zero-order valence-corrected chi connectivity index (χ0v) is 9.91. The van der Waals surface area contributed by atoms with Gasteiger partial charge in [0.25, 0.3) is 0 Å². The van der Waals surface area contributed by atoms with Gasteiger partial charge in [-0.25, -0.2) is 4.79 Å². The van der Waals surface area contributed by atoms with E-state index in [4.69, 9.17) is 16.7 Å². The Balaban J connectivity index is 2.43. The molecular weight excluding hydrogens is 242 g/mol. The maximum atomic E-state index is 11.8. The molecule has 17 heavy (non-hydrogen) atoms. The number of hydrogen-bond acceptors (Lipinski definition) is 2. The number of benzene rings is 1. The van der Waals surface area contributed by atoms with Gasteiger partial charge in [0.05, 0.1) is 11.3 Å². The Labute approximate surface area is 104 Å². The molecule has 1 saturated heterocycles. The van der Waals surface area contributed by atoms with Gasteiger partial charge in [0, 0.05) is 18.0 Å². The van der Waals surface area contributed by atoms with E-state index in [2.05, 4.69) is 0 Å². The lowest BCUT2D eigenvalue weighted by Crippen LogP contribution is -2.36. The first kappa shape index (κ1) is 11.9. The number of carboxylic acids is 1. The van der Waals surface area contributed by atoms with Crippen molar-refractivity contribution < 1.29 is 14.7 Å². The van der Waals surface area contributed by atoms with Crippen molar-refractivity contribution in [2.75, 3.05) is 11.4 Å². The fraction of sp³-hybridized carbons (Fsp3) is 0.333. The van der Waals surface area contributed by atoms with Crippen molar-refractivity contribution in [3.05, 3.63) is 28.8 Å². The summed E-state index contributed by atoms with van der Waals surface area (Å²) in [6.45, 7) is 0.570. The largest absolute Gasteiger partial charge is 0.478 e. The van der Waals surface area contributed by atoms with Crippen LogP contribution in [0.1, 0.15) is 29.6 Å². The van der Waals surface area contributed by atoms with E-state index >= 15 is 0 Å². The number of nitrogens with zero attached hydrogens (tertiary/aromatic N) is 1. The second-order valence-electron chi connectivity index (χ2n) is 3.97. The molecule has 4 nitrogen and oxygen atoms in total. The Kier molecular flexibility index (Phi) is 3.33. The molecular formula is C12H12ClNO3. The maximum Gasteiger partial charge on any atom is 0.337 e. The predicted molar refractivity (Wildman–Crippen MR) is 64.6 cm³/mol. The summed E-state index contributed by atoms with van der Waals surface area (Å²) in [5.41, 5.74) is 0.513. The Morgan fingerprint density at radius 2 is 2.12 bits per heavy atom. The Bertz CT molecular complexity index is 473. The highest BCUT2D eigenvalue weighted by molar-refractivity contribution is 6.31. The van der Waals surface area contributed by atoms with Gasteiger partial charge < -0.3 is 10.0 Å². The van der Waals surface area contributed by atoms with Gasteiger partial charge in [-0.05, 0) is 31.0 Å². The van der Waals surface area contributed by atoms with Gasteiger partial charge in [-0.2, -0.15) is 0 Å². The van der Waals surface area contributed by atoms with Gasteiger partial charge in [-0.1, -0.05) is 11.6 Å². The third kappa shape index (κ3) is 2.42. The van der Waals surface area contributed by atoms with E-state index in [0.29, 0.717) is 23.7 Å². The van der Waals surface area contributed by atoms with Crippen molar-refractivity contribution in [3.63, 3.8) is 0 Å². The van der Waals surface area contributed by atoms with Gasteiger partial charge in [0.1, 0.15) is 0 Å². The third-order valence-corrected chi connectivity index (χ3v) is 3.04. The Morgan fingerprint density at radius 1 is 1.35 bits per heavy atom. The SMILES string of the molecule is O=C(O)c1cc(Cl)ccc1N1CCCCC1=O. The molecule has 1 heterocycles. The molecule has 0 unspecified atom stereocenters. The number of hydrogen-bond donors (Lipinski definition) is 1. The van der Waals surface area contributed by atoms with Crippen LogP contribution >= 0.6 is 11.6 Å². The van der Waals surface area contributed by atoms with Gasteiger partial charge in [0.15, 0.2) is 0 Å². The van der Waals surface area contributed by atoms with E-state index in [9.17, 15) is 9.59 Å². The highest BCUT2D eigenvalue weighted by atomic mass is 35.5. The maximum absolute atomic E-state index is 11.8. The molecule has 1 aliphatic rings. The second kappa shape index (κ2) is 4.75. The average molecular weight is 254 g/mol. The van der Waals surface area contributed by atoms with Crippen LogP contribution in [0.2, 0.25) is 5.02 Å². The average Bonchev–Trinajstić information content (AvgIpc) is 2.30.